The monoisotopic (exact) mass is 215 g/mol. The van der Waals surface area contributed by atoms with Gasteiger partial charge in [-0.15, -0.1) is 0 Å². The van der Waals surface area contributed by atoms with Crippen molar-refractivity contribution in [1.82, 2.24) is 4.90 Å². The molecule has 1 fully saturated rings. The van der Waals surface area contributed by atoms with Crippen molar-refractivity contribution in [2.24, 2.45) is 5.92 Å². The van der Waals surface area contributed by atoms with E-state index in [2.05, 4.69) is 0 Å². The molecule has 5 nitrogen and oxygen atoms in total. The number of hydrogen-bond acceptors (Lipinski definition) is 3. The summed E-state index contributed by atoms with van der Waals surface area (Å²) in [5.74, 6) is -0.733. The second-order valence-corrected chi connectivity index (χ2v) is 4.22. The first-order valence-electron chi connectivity index (χ1n) is 5.16. The Morgan fingerprint density at radius 2 is 2.07 bits per heavy atom. The van der Waals surface area contributed by atoms with Crippen LogP contribution >= 0.6 is 0 Å². The molecular formula is C10H17NO4. The van der Waals surface area contributed by atoms with Gasteiger partial charge >= 0.3 is 12.1 Å². The Morgan fingerprint density at radius 3 is 2.47 bits per heavy atom. The van der Waals surface area contributed by atoms with Crippen molar-refractivity contribution in [3.05, 3.63) is 0 Å². The van der Waals surface area contributed by atoms with Gasteiger partial charge in [0.1, 0.15) is 6.54 Å². The van der Waals surface area contributed by atoms with Crippen molar-refractivity contribution in [2.45, 2.75) is 32.7 Å². The molecule has 0 spiro atoms. The molecule has 0 radical (unpaired) electrons. The first-order valence-corrected chi connectivity index (χ1v) is 5.16. The molecule has 0 heterocycles. The molecule has 0 aromatic heterocycles. The summed E-state index contributed by atoms with van der Waals surface area (Å²) in [6, 6.07) is 0.0702. The number of rotatable bonds is 5. The van der Waals surface area contributed by atoms with Crippen molar-refractivity contribution in [2.75, 3.05) is 13.2 Å². The number of nitrogens with zero attached hydrogens (tertiary/aromatic N) is 1. The predicted octanol–water partition coefficient (Wildman–Crippen LogP) is 1.33. The topological polar surface area (TPSA) is 66.8 Å². The van der Waals surface area contributed by atoms with Gasteiger partial charge in [-0.25, -0.2) is 4.79 Å². The molecule has 0 aromatic carbocycles. The standard InChI is InChI=1S/C10H17NO4/c1-7(2)6-15-10(14)11(5-9(12)13)8-3-4-8/h7-8H,3-6H2,1-2H3,(H,12,13). The van der Waals surface area contributed by atoms with Gasteiger partial charge in [-0.3, -0.25) is 9.69 Å². The lowest BCUT2D eigenvalue weighted by molar-refractivity contribution is -0.138. The van der Waals surface area contributed by atoms with Crippen LogP contribution in [-0.4, -0.2) is 41.3 Å². The Bertz CT molecular complexity index is 248. The summed E-state index contributed by atoms with van der Waals surface area (Å²) in [4.78, 5) is 23.3. The van der Waals surface area contributed by atoms with Crippen LogP contribution in [0, 0.1) is 5.92 Å². The maximum Gasteiger partial charge on any atom is 0.410 e. The average molecular weight is 215 g/mol. The van der Waals surface area contributed by atoms with Crippen LogP contribution in [-0.2, 0) is 9.53 Å². The molecule has 5 heteroatoms. The molecule has 0 saturated heterocycles. The molecule has 1 amide bonds. The fraction of sp³-hybridized carbons (Fsp3) is 0.800. The highest BCUT2D eigenvalue weighted by molar-refractivity contribution is 5.77. The Balaban J connectivity index is 2.40. The summed E-state index contributed by atoms with van der Waals surface area (Å²) >= 11 is 0. The number of carboxylic acids is 1. The van der Waals surface area contributed by atoms with Crippen LogP contribution in [0.15, 0.2) is 0 Å². The van der Waals surface area contributed by atoms with Crippen molar-refractivity contribution >= 4 is 12.1 Å². The number of hydrogen-bond donors (Lipinski definition) is 1. The van der Waals surface area contributed by atoms with Crippen molar-refractivity contribution < 1.29 is 19.4 Å². The third-order valence-electron chi connectivity index (χ3n) is 2.07. The van der Waals surface area contributed by atoms with Crippen LogP contribution in [0.1, 0.15) is 26.7 Å². The number of aliphatic carboxylic acids is 1. The van der Waals surface area contributed by atoms with Crippen molar-refractivity contribution in [1.29, 1.82) is 0 Å². The highest BCUT2D eigenvalue weighted by Crippen LogP contribution is 2.27. The minimum Gasteiger partial charge on any atom is -0.480 e. The maximum absolute atomic E-state index is 11.5. The summed E-state index contributed by atoms with van der Waals surface area (Å²) in [5, 5.41) is 8.64. The lowest BCUT2D eigenvalue weighted by atomic mass is 10.2. The van der Waals surface area contributed by atoms with Crippen LogP contribution in [0.5, 0.6) is 0 Å². The Kier molecular flexibility index (Phi) is 3.94. The van der Waals surface area contributed by atoms with E-state index < -0.39 is 12.1 Å². The minimum absolute atomic E-state index is 0.0702. The van der Waals surface area contributed by atoms with E-state index in [1.54, 1.807) is 0 Å². The van der Waals surface area contributed by atoms with E-state index >= 15 is 0 Å². The molecule has 0 bridgehead atoms. The summed E-state index contributed by atoms with van der Waals surface area (Å²) < 4.78 is 4.99. The van der Waals surface area contributed by atoms with Crippen LogP contribution < -0.4 is 0 Å². The zero-order valence-electron chi connectivity index (χ0n) is 9.10. The molecule has 0 atom stereocenters. The molecule has 86 valence electrons. The van der Waals surface area contributed by atoms with Gasteiger partial charge in [-0.1, -0.05) is 13.8 Å². The van der Waals surface area contributed by atoms with Crippen molar-refractivity contribution in [3.63, 3.8) is 0 Å². The van der Waals surface area contributed by atoms with E-state index in [9.17, 15) is 9.59 Å². The zero-order chi connectivity index (χ0) is 11.4. The number of carboxylic acid groups (broad SMARTS) is 1. The van der Waals surface area contributed by atoms with Gasteiger partial charge in [0, 0.05) is 6.04 Å². The molecule has 0 unspecified atom stereocenters. The fourth-order valence-electron chi connectivity index (χ4n) is 1.20. The first-order chi connectivity index (χ1) is 7.00. The molecule has 15 heavy (non-hydrogen) atoms. The van der Waals surface area contributed by atoms with Crippen molar-refractivity contribution in [3.8, 4) is 0 Å². The summed E-state index contributed by atoms with van der Waals surface area (Å²) in [6.07, 6.45) is 1.25. The molecule has 1 aliphatic rings. The van der Waals surface area contributed by atoms with Gasteiger partial charge in [-0.05, 0) is 18.8 Å². The fourth-order valence-corrected chi connectivity index (χ4v) is 1.20. The lowest BCUT2D eigenvalue weighted by Gasteiger charge is -2.20. The largest absolute Gasteiger partial charge is 0.480 e. The minimum atomic E-state index is -0.997. The van der Waals surface area contributed by atoms with Gasteiger partial charge in [0.15, 0.2) is 0 Å². The van der Waals surface area contributed by atoms with Crippen LogP contribution in [0.2, 0.25) is 0 Å². The highest BCUT2D eigenvalue weighted by Gasteiger charge is 2.34. The van der Waals surface area contributed by atoms with Crippen LogP contribution in [0.4, 0.5) is 4.79 Å². The molecule has 0 aromatic rings. The molecule has 0 aliphatic heterocycles. The summed E-state index contributed by atoms with van der Waals surface area (Å²) in [5.41, 5.74) is 0. The van der Waals surface area contributed by atoms with Gasteiger partial charge in [-0.2, -0.15) is 0 Å². The lowest BCUT2D eigenvalue weighted by Crippen LogP contribution is -2.38. The van der Waals surface area contributed by atoms with Gasteiger partial charge < -0.3 is 9.84 Å². The third kappa shape index (κ3) is 4.18. The molecule has 1 saturated carbocycles. The zero-order valence-corrected chi connectivity index (χ0v) is 9.10. The number of carbonyl (C=O) groups is 2. The second-order valence-electron chi connectivity index (χ2n) is 4.22. The van der Waals surface area contributed by atoms with Gasteiger partial charge in [0.05, 0.1) is 6.61 Å². The quantitative estimate of drug-likeness (QED) is 0.751. The normalized spacial score (nSPS) is 15.1. The second kappa shape index (κ2) is 5.00. The number of carbonyl (C=O) groups excluding carboxylic acids is 1. The number of amides is 1. The van der Waals surface area contributed by atoms with E-state index in [0.717, 1.165) is 12.8 Å². The van der Waals surface area contributed by atoms with Gasteiger partial charge in [0.25, 0.3) is 0 Å². The SMILES string of the molecule is CC(C)COC(=O)N(CC(=O)O)C1CC1. The summed E-state index contributed by atoms with van der Waals surface area (Å²) in [7, 11) is 0. The van der Waals surface area contributed by atoms with E-state index in [4.69, 9.17) is 9.84 Å². The summed E-state index contributed by atoms with van der Waals surface area (Å²) in [6.45, 7) is 3.95. The highest BCUT2D eigenvalue weighted by atomic mass is 16.6. The number of ether oxygens (including phenoxy) is 1. The molecule has 1 aliphatic carbocycles. The molecule has 1 N–H and O–H groups in total. The Morgan fingerprint density at radius 1 is 1.47 bits per heavy atom. The van der Waals surface area contributed by atoms with E-state index in [1.807, 2.05) is 13.8 Å². The third-order valence-corrected chi connectivity index (χ3v) is 2.07. The van der Waals surface area contributed by atoms with Gasteiger partial charge in [0.2, 0.25) is 0 Å². The molecule has 1 rings (SSSR count). The Hall–Kier alpha value is -1.26. The van der Waals surface area contributed by atoms with E-state index in [0.29, 0.717) is 6.61 Å². The first kappa shape index (κ1) is 11.8. The molecular weight excluding hydrogens is 198 g/mol. The van der Waals surface area contributed by atoms with Crippen LogP contribution in [0.3, 0.4) is 0 Å². The van der Waals surface area contributed by atoms with Crippen LogP contribution in [0.25, 0.3) is 0 Å². The maximum atomic E-state index is 11.5. The Labute approximate surface area is 89.0 Å². The van der Waals surface area contributed by atoms with E-state index in [-0.39, 0.29) is 18.5 Å². The average Bonchev–Trinajstić information content (AvgIpc) is 2.93. The predicted molar refractivity (Wildman–Crippen MR) is 53.5 cm³/mol. The van der Waals surface area contributed by atoms with E-state index in [1.165, 1.54) is 4.90 Å². The smallest absolute Gasteiger partial charge is 0.410 e.